The summed E-state index contributed by atoms with van der Waals surface area (Å²) in [4.78, 5) is 16.6. The van der Waals surface area contributed by atoms with Gasteiger partial charge in [0.25, 0.3) is 5.91 Å². The molecule has 0 fully saturated rings. The molecule has 2 aromatic rings. The third-order valence-electron chi connectivity index (χ3n) is 4.95. The van der Waals surface area contributed by atoms with Gasteiger partial charge in [0.15, 0.2) is 18.1 Å². The lowest BCUT2D eigenvalue weighted by Gasteiger charge is -2.36. The second-order valence-corrected chi connectivity index (χ2v) is 6.76. The molecule has 1 amide bonds. The van der Waals surface area contributed by atoms with E-state index in [0.29, 0.717) is 24.1 Å². The number of para-hydroxylation sites is 2. The molecule has 0 saturated carbocycles. The Bertz CT molecular complexity index is 762. The van der Waals surface area contributed by atoms with Gasteiger partial charge in [-0.25, -0.2) is 0 Å². The van der Waals surface area contributed by atoms with Crippen LogP contribution in [0.3, 0.4) is 0 Å². The molecule has 3 rings (SSSR count). The molecule has 0 bridgehead atoms. The standard InChI is InChI=1S/C21H26N2O3/c1-22-13-17-9-5-4-8-16(17)12-18(22)14-23(2)21(24)15-26-20-11-7-6-10-19(20)25-3/h4-11,18H,12-15H2,1-3H3/t18-/m0/s1. The SMILES string of the molecule is COc1ccccc1OCC(=O)N(C)C[C@@H]1Cc2ccccc2CN1C. The Kier molecular flexibility index (Phi) is 5.78. The van der Waals surface area contributed by atoms with E-state index >= 15 is 0 Å². The predicted molar refractivity (Wildman–Crippen MR) is 102 cm³/mol. The molecule has 1 aliphatic rings. The highest BCUT2D eigenvalue weighted by atomic mass is 16.5. The van der Waals surface area contributed by atoms with E-state index in [2.05, 4.69) is 36.2 Å². The van der Waals surface area contributed by atoms with Gasteiger partial charge in [-0.05, 0) is 36.7 Å². The fourth-order valence-corrected chi connectivity index (χ4v) is 3.33. The van der Waals surface area contributed by atoms with Crippen molar-refractivity contribution in [3.8, 4) is 11.5 Å². The smallest absolute Gasteiger partial charge is 0.260 e. The minimum absolute atomic E-state index is 0.00386. The van der Waals surface area contributed by atoms with Crippen LogP contribution in [0.25, 0.3) is 0 Å². The van der Waals surface area contributed by atoms with Gasteiger partial charge in [-0.2, -0.15) is 0 Å². The second-order valence-electron chi connectivity index (χ2n) is 6.76. The van der Waals surface area contributed by atoms with Crippen molar-refractivity contribution in [3.05, 3.63) is 59.7 Å². The van der Waals surface area contributed by atoms with E-state index in [0.717, 1.165) is 13.0 Å². The summed E-state index contributed by atoms with van der Waals surface area (Å²) >= 11 is 0. The van der Waals surface area contributed by atoms with Crippen molar-refractivity contribution in [2.45, 2.75) is 19.0 Å². The Balaban J connectivity index is 1.56. The Hall–Kier alpha value is -2.53. The van der Waals surface area contributed by atoms with Crippen LogP contribution in [0, 0.1) is 0 Å². The van der Waals surface area contributed by atoms with Gasteiger partial charge in [0, 0.05) is 26.2 Å². The normalized spacial score (nSPS) is 16.7. The third kappa shape index (κ3) is 4.17. The van der Waals surface area contributed by atoms with E-state index in [9.17, 15) is 4.79 Å². The van der Waals surface area contributed by atoms with Gasteiger partial charge in [-0.3, -0.25) is 9.69 Å². The molecule has 2 aromatic carbocycles. The fraction of sp³-hybridized carbons (Fsp3) is 0.381. The number of ether oxygens (including phenoxy) is 2. The fourth-order valence-electron chi connectivity index (χ4n) is 3.33. The van der Waals surface area contributed by atoms with Gasteiger partial charge in [0.1, 0.15) is 0 Å². The first-order valence-corrected chi connectivity index (χ1v) is 8.85. The molecular formula is C21H26N2O3. The Labute approximate surface area is 155 Å². The number of fused-ring (bicyclic) bond motifs is 1. The summed E-state index contributed by atoms with van der Waals surface area (Å²) in [6, 6.07) is 16.2. The van der Waals surface area contributed by atoms with Crippen molar-refractivity contribution in [1.29, 1.82) is 0 Å². The Morgan fingerprint density at radius 1 is 1.12 bits per heavy atom. The molecule has 0 aliphatic carbocycles. The van der Waals surface area contributed by atoms with Crippen LogP contribution in [-0.2, 0) is 17.8 Å². The zero-order valence-corrected chi connectivity index (χ0v) is 15.6. The van der Waals surface area contributed by atoms with Crippen LogP contribution in [0.15, 0.2) is 48.5 Å². The summed E-state index contributed by atoms with van der Waals surface area (Å²) in [6.45, 7) is 1.60. The van der Waals surface area contributed by atoms with Gasteiger partial charge < -0.3 is 14.4 Å². The second kappa shape index (κ2) is 8.23. The highest BCUT2D eigenvalue weighted by Gasteiger charge is 2.25. The van der Waals surface area contributed by atoms with E-state index in [1.54, 1.807) is 18.1 Å². The third-order valence-corrected chi connectivity index (χ3v) is 4.95. The molecule has 26 heavy (non-hydrogen) atoms. The zero-order chi connectivity index (χ0) is 18.5. The number of rotatable bonds is 6. The molecule has 1 aliphatic heterocycles. The quantitative estimate of drug-likeness (QED) is 0.800. The lowest BCUT2D eigenvalue weighted by molar-refractivity contribution is -0.132. The maximum absolute atomic E-state index is 12.5. The van der Waals surface area contributed by atoms with Crippen LogP contribution in [0.2, 0.25) is 0 Å². The maximum Gasteiger partial charge on any atom is 0.260 e. The van der Waals surface area contributed by atoms with E-state index in [4.69, 9.17) is 9.47 Å². The molecule has 0 unspecified atom stereocenters. The van der Waals surface area contributed by atoms with Crippen molar-refractivity contribution < 1.29 is 14.3 Å². The van der Waals surface area contributed by atoms with Gasteiger partial charge in [0.05, 0.1) is 7.11 Å². The van der Waals surface area contributed by atoms with Crippen molar-refractivity contribution in [2.75, 3.05) is 34.4 Å². The minimum Gasteiger partial charge on any atom is -0.493 e. The molecule has 5 heteroatoms. The number of likely N-dealkylation sites (N-methyl/N-ethyl adjacent to an activating group) is 2. The summed E-state index contributed by atoms with van der Waals surface area (Å²) in [5.74, 6) is 1.18. The first kappa shape index (κ1) is 18.3. The van der Waals surface area contributed by atoms with Crippen molar-refractivity contribution in [3.63, 3.8) is 0 Å². The van der Waals surface area contributed by atoms with Gasteiger partial charge in [-0.1, -0.05) is 36.4 Å². The van der Waals surface area contributed by atoms with Crippen molar-refractivity contribution in [2.24, 2.45) is 0 Å². The molecule has 1 atom stereocenters. The van der Waals surface area contributed by atoms with E-state index in [-0.39, 0.29) is 12.5 Å². The van der Waals surface area contributed by atoms with Crippen LogP contribution < -0.4 is 9.47 Å². The Morgan fingerprint density at radius 2 is 1.77 bits per heavy atom. The molecule has 0 spiro atoms. The number of nitrogens with zero attached hydrogens (tertiary/aromatic N) is 2. The van der Waals surface area contributed by atoms with E-state index in [1.165, 1.54) is 11.1 Å². The van der Waals surface area contributed by atoms with Crippen LogP contribution in [-0.4, -0.2) is 56.1 Å². The van der Waals surface area contributed by atoms with Crippen LogP contribution in [0.4, 0.5) is 0 Å². The molecule has 1 heterocycles. The lowest BCUT2D eigenvalue weighted by Crippen LogP contribution is -2.47. The van der Waals surface area contributed by atoms with Gasteiger partial charge in [-0.15, -0.1) is 0 Å². The number of carbonyl (C=O) groups is 1. The number of benzene rings is 2. The first-order valence-electron chi connectivity index (χ1n) is 8.85. The number of hydrogen-bond donors (Lipinski definition) is 0. The van der Waals surface area contributed by atoms with Gasteiger partial charge in [0.2, 0.25) is 0 Å². The van der Waals surface area contributed by atoms with Crippen molar-refractivity contribution >= 4 is 5.91 Å². The monoisotopic (exact) mass is 354 g/mol. The minimum atomic E-state index is -0.0387. The lowest BCUT2D eigenvalue weighted by atomic mass is 9.94. The number of amides is 1. The van der Waals surface area contributed by atoms with E-state index in [1.807, 2.05) is 25.2 Å². The summed E-state index contributed by atoms with van der Waals surface area (Å²) in [7, 11) is 5.54. The molecule has 0 radical (unpaired) electrons. The van der Waals surface area contributed by atoms with Crippen molar-refractivity contribution in [1.82, 2.24) is 9.80 Å². The zero-order valence-electron chi connectivity index (χ0n) is 15.6. The summed E-state index contributed by atoms with van der Waals surface area (Å²) in [5, 5.41) is 0. The van der Waals surface area contributed by atoms with Crippen LogP contribution in [0.1, 0.15) is 11.1 Å². The molecule has 5 nitrogen and oxygen atoms in total. The van der Waals surface area contributed by atoms with E-state index < -0.39 is 0 Å². The van der Waals surface area contributed by atoms with Crippen LogP contribution >= 0.6 is 0 Å². The predicted octanol–water partition coefficient (Wildman–Crippen LogP) is 2.59. The first-order chi connectivity index (χ1) is 12.6. The molecule has 0 saturated heterocycles. The molecular weight excluding hydrogens is 328 g/mol. The molecule has 0 aromatic heterocycles. The highest BCUT2D eigenvalue weighted by Crippen LogP contribution is 2.26. The average molecular weight is 354 g/mol. The number of carbonyl (C=O) groups excluding carboxylic acids is 1. The average Bonchev–Trinajstić information content (AvgIpc) is 2.66. The molecule has 138 valence electrons. The van der Waals surface area contributed by atoms with Crippen LogP contribution in [0.5, 0.6) is 11.5 Å². The highest BCUT2D eigenvalue weighted by molar-refractivity contribution is 5.77. The summed E-state index contributed by atoms with van der Waals surface area (Å²) in [6.07, 6.45) is 0.956. The Morgan fingerprint density at radius 3 is 2.50 bits per heavy atom. The largest absolute Gasteiger partial charge is 0.493 e. The molecule has 0 N–H and O–H groups in total. The summed E-state index contributed by atoms with van der Waals surface area (Å²) < 4.78 is 10.9. The number of hydrogen-bond acceptors (Lipinski definition) is 4. The summed E-state index contributed by atoms with van der Waals surface area (Å²) in [5.41, 5.74) is 2.75. The van der Waals surface area contributed by atoms with Gasteiger partial charge >= 0.3 is 0 Å². The number of methoxy groups -OCH3 is 1. The maximum atomic E-state index is 12.5. The topological polar surface area (TPSA) is 42.0 Å².